The molecule has 0 spiro atoms. The van der Waals surface area contributed by atoms with Crippen LogP contribution in [0.3, 0.4) is 0 Å². The average molecular weight is 372 g/mol. The number of amides is 1. The normalized spacial score (nSPS) is 15.6. The number of carbonyl (C=O) groups excluding carboxylic acids is 1. The highest BCUT2D eigenvalue weighted by atomic mass is 35.5. The summed E-state index contributed by atoms with van der Waals surface area (Å²) in [6.07, 6.45) is 0.427. The fourth-order valence-corrected chi connectivity index (χ4v) is 3.32. The molecule has 0 aliphatic carbocycles. The summed E-state index contributed by atoms with van der Waals surface area (Å²) in [5.41, 5.74) is 2.45. The maximum Gasteiger partial charge on any atom is 0.224 e. The third-order valence-electron chi connectivity index (χ3n) is 4.52. The van der Waals surface area contributed by atoms with Crippen molar-refractivity contribution < 1.29 is 9.18 Å². The van der Waals surface area contributed by atoms with Gasteiger partial charge in [0.25, 0.3) is 0 Å². The van der Waals surface area contributed by atoms with Gasteiger partial charge >= 0.3 is 0 Å². The molecular formula is C20H19ClFN3O. The first-order chi connectivity index (χ1) is 12.5. The van der Waals surface area contributed by atoms with Crippen molar-refractivity contribution in [3.8, 4) is 6.07 Å². The molecule has 1 aliphatic heterocycles. The molecule has 2 aromatic rings. The van der Waals surface area contributed by atoms with Gasteiger partial charge in [0.15, 0.2) is 0 Å². The Morgan fingerprint density at radius 2 is 1.96 bits per heavy atom. The van der Waals surface area contributed by atoms with Crippen LogP contribution in [-0.2, 0) is 17.9 Å². The van der Waals surface area contributed by atoms with Crippen LogP contribution in [0.4, 0.5) is 4.39 Å². The van der Waals surface area contributed by atoms with Gasteiger partial charge in [-0.2, -0.15) is 5.26 Å². The molecule has 1 heterocycles. The summed E-state index contributed by atoms with van der Waals surface area (Å²) >= 11 is 6.09. The standard InChI is InChI=1S/C20H19ClFN3O/c21-19-11-18(22)5-4-17(19)14-25-9-8-24(7-6-20(25)26)13-16-3-1-2-15(10-16)12-23/h1-5,10-11H,6-9,13-14H2. The Kier molecular flexibility index (Phi) is 5.87. The van der Waals surface area contributed by atoms with Gasteiger partial charge in [-0.05, 0) is 35.4 Å². The van der Waals surface area contributed by atoms with Crippen molar-refractivity contribution in [2.45, 2.75) is 19.5 Å². The summed E-state index contributed by atoms with van der Waals surface area (Å²) in [7, 11) is 0. The molecule has 0 unspecified atom stereocenters. The van der Waals surface area contributed by atoms with E-state index in [9.17, 15) is 9.18 Å². The first kappa shape index (κ1) is 18.4. The molecule has 0 bridgehead atoms. The van der Waals surface area contributed by atoms with Gasteiger partial charge in [0.05, 0.1) is 11.6 Å². The Morgan fingerprint density at radius 3 is 2.73 bits per heavy atom. The van der Waals surface area contributed by atoms with Gasteiger partial charge in [0.2, 0.25) is 5.91 Å². The van der Waals surface area contributed by atoms with Gasteiger partial charge in [-0.1, -0.05) is 29.8 Å². The second-order valence-corrected chi connectivity index (χ2v) is 6.80. The Bertz CT molecular complexity index is 849. The fourth-order valence-electron chi connectivity index (χ4n) is 3.09. The van der Waals surface area contributed by atoms with Crippen LogP contribution in [0.15, 0.2) is 42.5 Å². The van der Waals surface area contributed by atoms with Crippen LogP contribution in [0.2, 0.25) is 5.02 Å². The maximum absolute atomic E-state index is 13.2. The molecule has 0 radical (unpaired) electrons. The molecule has 1 amide bonds. The SMILES string of the molecule is N#Cc1cccc(CN2CCC(=O)N(Cc3ccc(F)cc3Cl)CC2)c1. The maximum atomic E-state index is 13.2. The number of nitrogens with zero attached hydrogens (tertiary/aromatic N) is 3. The smallest absolute Gasteiger partial charge is 0.224 e. The highest BCUT2D eigenvalue weighted by Gasteiger charge is 2.22. The Balaban J connectivity index is 1.64. The van der Waals surface area contributed by atoms with Crippen LogP contribution < -0.4 is 0 Å². The van der Waals surface area contributed by atoms with Crippen molar-refractivity contribution >= 4 is 17.5 Å². The third kappa shape index (κ3) is 4.60. The number of benzene rings is 2. The van der Waals surface area contributed by atoms with E-state index in [-0.39, 0.29) is 11.7 Å². The minimum Gasteiger partial charge on any atom is -0.337 e. The molecule has 1 saturated heterocycles. The predicted molar refractivity (Wildman–Crippen MR) is 97.9 cm³/mol. The van der Waals surface area contributed by atoms with E-state index in [4.69, 9.17) is 16.9 Å². The monoisotopic (exact) mass is 371 g/mol. The molecule has 1 fully saturated rings. The molecule has 134 valence electrons. The summed E-state index contributed by atoms with van der Waals surface area (Å²) in [5, 5.41) is 9.35. The van der Waals surface area contributed by atoms with Crippen molar-refractivity contribution in [3.63, 3.8) is 0 Å². The van der Waals surface area contributed by atoms with Gasteiger partial charge in [-0.3, -0.25) is 9.69 Å². The lowest BCUT2D eigenvalue weighted by Gasteiger charge is -2.22. The zero-order valence-electron chi connectivity index (χ0n) is 14.3. The lowest BCUT2D eigenvalue weighted by Crippen LogP contribution is -2.32. The third-order valence-corrected chi connectivity index (χ3v) is 4.87. The predicted octanol–water partition coefficient (Wildman–Crippen LogP) is 3.59. The minimum atomic E-state index is -0.383. The van der Waals surface area contributed by atoms with Crippen LogP contribution >= 0.6 is 11.6 Å². The molecule has 4 nitrogen and oxygen atoms in total. The van der Waals surface area contributed by atoms with Crippen LogP contribution in [0.5, 0.6) is 0 Å². The van der Waals surface area contributed by atoms with Gasteiger partial charge < -0.3 is 4.90 Å². The van der Waals surface area contributed by atoms with Crippen molar-refractivity contribution in [2.24, 2.45) is 0 Å². The summed E-state index contributed by atoms with van der Waals surface area (Å²) in [5.74, 6) is -0.314. The molecule has 3 rings (SSSR count). The van der Waals surface area contributed by atoms with Crippen molar-refractivity contribution in [1.29, 1.82) is 5.26 Å². The van der Waals surface area contributed by atoms with Crippen molar-refractivity contribution in [2.75, 3.05) is 19.6 Å². The first-order valence-electron chi connectivity index (χ1n) is 8.48. The quantitative estimate of drug-likeness (QED) is 0.825. The van der Waals surface area contributed by atoms with E-state index in [1.807, 2.05) is 18.2 Å². The van der Waals surface area contributed by atoms with Gasteiger partial charge in [-0.15, -0.1) is 0 Å². The zero-order chi connectivity index (χ0) is 18.5. The molecule has 1 aliphatic rings. The van der Waals surface area contributed by atoms with Crippen LogP contribution in [0.1, 0.15) is 23.1 Å². The zero-order valence-corrected chi connectivity index (χ0v) is 15.0. The lowest BCUT2D eigenvalue weighted by atomic mass is 10.1. The van der Waals surface area contributed by atoms with E-state index in [1.54, 1.807) is 17.0 Å². The molecule has 26 heavy (non-hydrogen) atoms. The summed E-state index contributed by atoms with van der Waals surface area (Å²) in [6, 6.07) is 13.9. The van der Waals surface area contributed by atoms with E-state index < -0.39 is 0 Å². The molecule has 2 aromatic carbocycles. The summed E-state index contributed by atoms with van der Waals surface area (Å²) in [4.78, 5) is 16.4. The van der Waals surface area contributed by atoms with E-state index in [2.05, 4.69) is 11.0 Å². The first-order valence-corrected chi connectivity index (χ1v) is 8.86. The number of hydrogen-bond acceptors (Lipinski definition) is 3. The second kappa shape index (κ2) is 8.31. The summed E-state index contributed by atoms with van der Waals surface area (Å²) < 4.78 is 13.2. The molecule has 6 heteroatoms. The van der Waals surface area contributed by atoms with E-state index >= 15 is 0 Å². The van der Waals surface area contributed by atoms with Crippen molar-refractivity contribution in [1.82, 2.24) is 9.80 Å². The second-order valence-electron chi connectivity index (χ2n) is 6.39. The van der Waals surface area contributed by atoms with Crippen LogP contribution in [0.25, 0.3) is 0 Å². The molecule has 0 atom stereocenters. The topological polar surface area (TPSA) is 47.3 Å². The minimum absolute atomic E-state index is 0.0682. The molecule has 0 N–H and O–H groups in total. The van der Waals surface area contributed by atoms with E-state index in [1.165, 1.54) is 12.1 Å². The lowest BCUT2D eigenvalue weighted by molar-refractivity contribution is -0.130. The molecule has 0 saturated carbocycles. The number of halogens is 2. The number of nitriles is 1. The Morgan fingerprint density at radius 1 is 1.12 bits per heavy atom. The Hall–Kier alpha value is -2.42. The van der Waals surface area contributed by atoms with Gasteiger partial charge in [-0.25, -0.2) is 4.39 Å². The van der Waals surface area contributed by atoms with Crippen molar-refractivity contribution in [3.05, 3.63) is 70.0 Å². The number of carbonyl (C=O) groups is 1. The molecular weight excluding hydrogens is 353 g/mol. The highest BCUT2D eigenvalue weighted by Crippen LogP contribution is 2.20. The number of rotatable bonds is 4. The van der Waals surface area contributed by atoms with E-state index in [0.717, 1.165) is 17.7 Å². The average Bonchev–Trinajstić information content (AvgIpc) is 2.80. The van der Waals surface area contributed by atoms with Gasteiger partial charge in [0, 0.05) is 44.2 Å². The summed E-state index contributed by atoms with van der Waals surface area (Å²) in [6.45, 7) is 3.08. The highest BCUT2D eigenvalue weighted by molar-refractivity contribution is 6.31. The largest absolute Gasteiger partial charge is 0.337 e. The molecule has 0 aromatic heterocycles. The van der Waals surface area contributed by atoms with Gasteiger partial charge in [0.1, 0.15) is 5.82 Å². The number of hydrogen-bond donors (Lipinski definition) is 0. The van der Waals surface area contributed by atoms with Crippen LogP contribution in [-0.4, -0.2) is 35.3 Å². The Labute approximate surface area is 157 Å². The fraction of sp³-hybridized carbons (Fsp3) is 0.300. The van der Waals surface area contributed by atoms with E-state index in [0.29, 0.717) is 43.2 Å². The van der Waals surface area contributed by atoms with Crippen LogP contribution in [0, 0.1) is 17.1 Å².